The summed E-state index contributed by atoms with van der Waals surface area (Å²) in [5.41, 5.74) is 0. The summed E-state index contributed by atoms with van der Waals surface area (Å²) in [6, 6.07) is 2.32. The monoisotopic (exact) mass is 194 g/mol. The van der Waals surface area contributed by atoms with Gasteiger partial charge >= 0.3 is 0 Å². The molecule has 0 saturated heterocycles. The predicted octanol–water partition coefficient (Wildman–Crippen LogP) is 1.23. The second-order valence-corrected chi connectivity index (χ2v) is 3.73. The van der Waals surface area contributed by atoms with Crippen LogP contribution in [-0.4, -0.2) is 41.5 Å². The number of anilines is 1. The van der Waals surface area contributed by atoms with Crippen LogP contribution in [0.3, 0.4) is 0 Å². The van der Waals surface area contributed by atoms with Crippen LogP contribution in [-0.2, 0) is 0 Å². The summed E-state index contributed by atoms with van der Waals surface area (Å²) in [6.07, 6.45) is 4.41. The summed E-state index contributed by atoms with van der Waals surface area (Å²) < 4.78 is 0. The molecule has 1 aromatic rings. The van der Waals surface area contributed by atoms with Gasteiger partial charge in [0.25, 0.3) is 0 Å². The molecule has 0 aliphatic carbocycles. The number of hydrogen-bond acceptors (Lipinski definition) is 4. The third-order valence-corrected chi connectivity index (χ3v) is 1.99. The maximum atomic E-state index is 4.11. The Morgan fingerprint density at radius 1 is 1.50 bits per heavy atom. The molecule has 0 saturated carbocycles. The molecule has 78 valence electrons. The minimum absolute atomic E-state index is 0.437. The van der Waals surface area contributed by atoms with E-state index in [0.29, 0.717) is 6.04 Å². The predicted molar refractivity (Wildman–Crippen MR) is 58.3 cm³/mol. The zero-order valence-corrected chi connectivity index (χ0v) is 9.07. The van der Waals surface area contributed by atoms with Crippen LogP contribution in [0.4, 0.5) is 5.82 Å². The van der Waals surface area contributed by atoms with Gasteiger partial charge in [-0.25, -0.2) is 9.97 Å². The summed E-state index contributed by atoms with van der Waals surface area (Å²) in [7, 11) is 4.16. The van der Waals surface area contributed by atoms with Gasteiger partial charge in [0, 0.05) is 12.2 Å². The number of rotatable bonds is 5. The SMILES string of the molecule is CC(CCN(C)C)Nc1ccncn1. The van der Waals surface area contributed by atoms with Gasteiger partial charge < -0.3 is 10.2 Å². The second kappa shape index (κ2) is 5.54. The highest BCUT2D eigenvalue weighted by Gasteiger charge is 2.02. The maximum absolute atomic E-state index is 4.11. The van der Waals surface area contributed by atoms with E-state index < -0.39 is 0 Å². The Morgan fingerprint density at radius 2 is 2.29 bits per heavy atom. The summed E-state index contributed by atoms with van der Waals surface area (Å²) in [5, 5.41) is 3.32. The second-order valence-electron chi connectivity index (χ2n) is 3.73. The van der Waals surface area contributed by atoms with Gasteiger partial charge in [-0.2, -0.15) is 0 Å². The van der Waals surface area contributed by atoms with E-state index in [1.165, 1.54) is 0 Å². The number of aromatic nitrogens is 2. The van der Waals surface area contributed by atoms with E-state index in [1.54, 1.807) is 12.5 Å². The highest BCUT2D eigenvalue weighted by Crippen LogP contribution is 2.03. The van der Waals surface area contributed by atoms with Crippen LogP contribution < -0.4 is 5.32 Å². The van der Waals surface area contributed by atoms with Crippen molar-refractivity contribution in [3.05, 3.63) is 18.6 Å². The van der Waals surface area contributed by atoms with Gasteiger partial charge in [0.05, 0.1) is 0 Å². The van der Waals surface area contributed by atoms with E-state index in [9.17, 15) is 0 Å². The van der Waals surface area contributed by atoms with Crippen LogP contribution in [0.2, 0.25) is 0 Å². The molecule has 1 unspecified atom stereocenters. The largest absolute Gasteiger partial charge is 0.367 e. The van der Waals surface area contributed by atoms with E-state index in [2.05, 4.69) is 41.2 Å². The van der Waals surface area contributed by atoms with Crippen molar-refractivity contribution in [2.24, 2.45) is 0 Å². The van der Waals surface area contributed by atoms with E-state index in [-0.39, 0.29) is 0 Å². The Morgan fingerprint density at radius 3 is 2.86 bits per heavy atom. The van der Waals surface area contributed by atoms with Crippen LogP contribution in [0.5, 0.6) is 0 Å². The Bertz CT molecular complexity index is 248. The van der Waals surface area contributed by atoms with Crippen molar-refractivity contribution >= 4 is 5.82 Å². The molecule has 0 spiro atoms. The average molecular weight is 194 g/mol. The topological polar surface area (TPSA) is 41.0 Å². The molecule has 14 heavy (non-hydrogen) atoms. The van der Waals surface area contributed by atoms with Gasteiger partial charge in [-0.15, -0.1) is 0 Å². The zero-order chi connectivity index (χ0) is 10.4. The van der Waals surface area contributed by atoms with Gasteiger partial charge in [-0.1, -0.05) is 0 Å². The Hall–Kier alpha value is -1.16. The molecule has 0 aliphatic heterocycles. The zero-order valence-electron chi connectivity index (χ0n) is 9.07. The first-order chi connectivity index (χ1) is 6.68. The van der Waals surface area contributed by atoms with Crippen LogP contribution in [0.1, 0.15) is 13.3 Å². The summed E-state index contributed by atoms with van der Waals surface area (Å²) in [4.78, 5) is 10.2. The third kappa shape index (κ3) is 4.18. The number of nitrogens with zero attached hydrogens (tertiary/aromatic N) is 3. The molecule has 0 amide bonds. The van der Waals surface area contributed by atoms with Gasteiger partial charge in [0.1, 0.15) is 12.1 Å². The minimum Gasteiger partial charge on any atom is -0.367 e. The van der Waals surface area contributed by atoms with Crippen LogP contribution in [0, 0.1) is 0 Å². The molecule has 0 bridgehead atoms. The molecule has 1 aromatic heterocycles. The maximum Gasteiger partial charge on any atom is 0.129 e. The van der Waals surface area contributed by atoms with Gasteiger partial charge in [0.15, 0.2) is 0 Å². The molecular weight excluding hydrogens is 176 g/mol. The molecule has 0 fully saturated rings. The lowest BCUT2D eigenvalue weighted by molar-refractivity contribution is 0.390. The smallest absolute Gasteiger partial charge is 0.129 e. The molecule has 0 aliphatic rings. The molecule has 1 N–H and O–H groups in total. The fourth-order valence-corrected chi connectivity index (χ4v) is 1.15. The first-order valence-corrected chi connectivity index (χ1v) is 4.86. The highest BCUT2D eigenvalue weighted by atomic mass is 15.1. The van der Waals surface area contributed by atoms with Gasteiger partial charge in [-0.05, 0) is 40.1 Å². The first-order valence-electron chi connectivity index (χ1n) is 4.86. The quantitative estimate of drug-likeness (QED) is 0.765. The van der Waals surface area contributed by atoms with E-state index in [0.717, 1.165) is 18.8 Å². The molecule has 1 atom stereocenters. The Kier molecular flexibility index (Phi) is 4.32. The van der Waals surface area contributed by atoms with Gasteiger partial charge in [0.2, 0.25) is 0 Å². The molecule has 0 aromatic carbocycles. The van der Waals surface area contributed by atoms with Crippen molar-refractivity contribution in [2.45, 2.75) is 19.4 Å². The fraction of sp³-hybridized carbons (Fsp3) is 0.600. The lowest BCUT2D eigenvalue weighted by Gasteiger charge is -2.16. The highest BCUT2D eigenvalue weighted by molar-refractivity contribution is 5.32. The summed E-state index contributed by atoms with van der Waals surface area (Å²) in [5.74, 6) is 0.895. The van der Waals surface area contributed by atoms with Gasteiger partial charge in [-0.3, -0.25) is 0 Å². The van der Waals surface area contributed by atoms with Crippen molar-refractivity contribution in [2.75, 3.05) is 26.0 Å². The lowest BCUT2D eigenvalue weighted by Crippen LogP contribution is -2.23. The summed E-state index contributed by atoms with van der Waals surface area (Å²) in [6.45, 7) is 3.24. The third-order valence-electron chi connectivity index (χ3n) is 1.99. The standard InChI is InChI=1S/C10H18N4/c1-9(5-7-14(2)3)13-10-4-6-11-8-12-10/h4,6,8-9H,5,7H2,1-3H3,(H,11,12,13). The van der Waals surface area contributed by atoms with Crippen molar-refractivity contribution in [1.82, 2.24) is 14.9 Å². The molecule has 4 nitrogen and oxygen atoms in total. The molecule has 1 rings (SSSR count). The van der Waals surface area contributed by atoms with Crippen LogP contribution in [0.25, 0.3) is 0 Å². The Balaban J connectivity index is 2.30. The Labute approximate surface area is 85.4 Å². The van der Waals surface area contributed by atoms with Crippen LogP contribution >= 0.6 is 0 Å². The lowest BCUT2D eigenvalue weighted by atomic mass is 10.2. The van der Waals surface area contributed by atoms with Crippen LogP contribution in [0.15, 0.2) is 18.6 Å². The van der Waals surface area contributed by atoms with E-state index in [1.807, 2.05) is 6.07 Å². The average Bonchev–Trinajstić information content (AvgIpc) is 2.16. The first kappa shape index (κ1) is 10.9. The molecule has 0 radical (unpaired) electrons. The van der Waals surface area contributed by atoms with Crippen molar-refractivity contribution < 1.29 is 0 Å². The minimum atomic E-state index is 0.437. The number of nitrogens with one attached hydrogen (secondary N) is 1. The van der Waals surface area contributed by atoms with Crippen molar-refractivity contribution in [1.29, 1.82) is 0 Å². The van der Waals surface area contributed by atoms with Crippen molar-refractivity contribution in [3.63, 3.8) is 0 Å². The fourth-order valence-electron chi connectivity index (χ4n) is 1.15. The molecular formula is C10H18N4. The van der Waals surface area contributed by atoms with Crippen molar-refractivity contribution in [3.8, 4) is 0 Å². The normalized spacial score (nSPS) is 12.9. The summed E-state index contributed by atoms with van der Waals surface area (Å²) >= 11 is 0. The van der Waals surface area contributed by atoms with E-state index >= 15 is 0 Å². The number of hydrogen-bond donors (Lipinski definition) is 1. The van der Waals surface area contributed by atoms with E-state index in [4.69, 9.17) is 0 Å². The molecule has 4 heteroatoms. The molecule has 1 heterocycles.